The van der Waals surface area contributed by atoms with Crippen LogP contribution >= 0.6 is 0 Å². The van der Waals surface area contributed by atoms with Gasteiger partial charge in [0.1, 0.15) is 5.56 Å². The van der Waals surface area contributed by atoms with E-state index in [0.29, 0.717) is 24.2 Å². The Morgan fingerprint density at radius 2 is 1.97 bits per heavy atom. The third-order valence-corrected chi connectivity index (χ3v) is 5.52. The monoisotopic (exact) mass is 438 g/mol. The number of halogens is 3. The van der Waals surface area contributed by atoms with Gasteiger partial charge in [-0.25, -0.2) is 9.59 Å². The number of aryl methyl sites for hydroxylation is 1. The van der Waals surface area contributed by atoms with Crippen molar-refractivity contribution in [2.45, 2.75) is 57.8 Å². The van der Waals surface area contributed by atoms with Gasteiger partial charge in [0.15, 0.2) is 0 Å². The second-order valence-electron chi connectivity index (χ2n) is 7.95. The smallest absolute Gasteiger partial charge is 0.397 e. The molecular formula is C21H25F3N4O3. The standard InChI is InChI=1S/C21H25F3N4O3/c1-20(2,21(22,23)24)13-7-6-8-14(11-13)26-19(30)25-12-15-17(18(29)31-3)16-9-4-5-10-28(16)27-15/h6-8,11H,4-5,9-10,12H2,1-3H3,(H2,25,26,30). The first-order chi connectivity index (χ1) is 14.5. The van der Waals surface area contributed by atoms with Gasteiger partial charge in [-0.05, 0) is 50.8 Å². The minimum absolute atomic E-state index is 0.0238. The number of ether oxygens (including phenoxy) is 1. The van der Waals surface area contributed by atoms with Gasteiger partial charge in [0.2, 0.25) is 0 Å². The van der Waals surface area contributed by atoms with Gasteiger partial charge in [-0.15, -0.1) is 0 Å². The molecule has 3 rings (SSSR count). The molecule has 2 aromatic rings. The van der Waals surface area contributed by atoms with Crippen LogP contribution in [0.15, 0.2) is 24.3 Å². The summed E-state index contributed by atoms with van der Waals surface area (Å²) >= 11 is 0. The normalized spacial score (nSPS) is 14.0. The number of carbonyl (C=O) groups is 2. The maximum Gasteiger partial charge on any atom is 0.397 e. The fraction of sp³-hybridized carbons (Fsp3) is 0.476. The van der Waals surface area contributed by atoms with Crippen molar-refractivity contribution in [3.63, 3.8) is 0 Å². The first-order valence-corrected chi connectivity index (χ1v) is 9.93. The maximum atomic E-state index is 13.3. The highest BCUT2D eigenvalue weighted by Crippen LogP contribution is 2.40. The van der Waals surface area contributed by atoms with Crippen LogP contribution in [0.4, 0.5) is 23.7 Å². The van der Waals surface area contributed by atoms with Gasteiger partial charge in [-0.2, -0.15) is 18.3 Å². The molecule has 0 saturated heterocycles. The van der Waals surface area contributed by atoms with Gasteiger partial charge >= 0.3 is 18.2 Å². The number of amides is 2. The van der Waals surface area contributed by atoms with Crippen molar-refractivity contribution in [2.75, 3.05) is 12.4 Å². The summed E-state index contributed by atoms with van der Waals surface area (Å²) in [6, 6.07) is 5.00. The number of anilines is 1. The summed E-state index contributed by atoms with van der Waals surface area (Å²) in [6.07, 6.45) is -1.84. The van der Waals surface area contributed by atoms with Crippen LogP contribution in [-0.2, 0) is 29.7 Å². The molecule has 2 amide bonds. The van der Waals surface area contributed by atoms with Crippen LogP contribution in [-0.4, -0.2) is 35.1 Å². The highest BCUT2D eigenvalue weighted by Gasteiger charge is 2.48. The Bertz CT molecular complexity index is 983. The molecule has 2 heterocycles. The van der Waals surface area contributed by atoms with Crippen LogP contribution in [0.25, 0.3) is 0 Å². The molecule has 1 aliphatic heterocycles. The molecular weight excluding hydrogens is 413 g/mol. The number of urea groups is 1. The van der Waals surface area contributed by atoms with E-state index in [2.05, 4.69) is 15.7 Å². The third kappa shape index (κ3) is 4.67. The molecule has 0 atom stereocenters. The zero-order valence-corrected chi connectivity index (χ0v) is 17.6. The molecule has 31 heavy (non-hydrogen) atoms. The molecule has 0 fully saturated rings. The van der Waals surface area contributed by atoms with Gasteiger partial charge in [-0.1, -0.05) is 12.1 Å². The van der Waals surface area contributed by atoms with E-state index >= 15 is 0 Å². The van der Waals surface area contributed by atoms with E-state index in [1.807, 2.05) is 0 Å². The Labute approximate surface area is 178 Å². The fourth-order valence-corrected chi connectivity index (χ4v) is 3.49. The number of alkyl halides is 3. The van der Waals surface area contributed by atoms with E-state index in [9.17, 15) is 22.8 Å². The number of nitrogens with one attached hydrogen (secondary N) is 2. The molecule has 168 valence electrons. The SMILES string of the molecule is COC(=O)c1c(CNC(=O)Nc2cccc(C(C)(C)C(F)(F)F)c2)nn2c1CCCC2. The Morgan fingerprint density at radius 3 is 2.65 bits per heavy atom. The van der Waals surface area contributed by atoms with E-state index in [1.54, 1.807) is 4.68 Å². The number of carbonyl (C=O) groups excluding carboxylic acids is 2. The van der Waals surface area contributed by atoms with Gasteiger partial charge in [0.05, 0.1) is 30.5 Å². The zero-order valence-electron chi connectivity index (χ0n) is 17.6. The first-order valence-electron chi connectivity index (χ1n) is 9.93. The van der Waals surface area contributed by atoms with Crippen LogP contribution < -0.4 is 10.6 Å². The summed E-state index contributed by atoms with van der Waals surface area (Å²) < 4.78 is 46.5. The van der Waals surface area contributed by atoms with Crippen LogP contribution in [0, 0.1) is 0 Å². The average Bonchev–Trinajstić information content (AvgIpc) is 3.09. The van der Waals surface area contributed by atoms with Crippen molar-refractivity contribution in [3.8, 4) is 0 Å². The van der Waals surface area contributed by atoms with Crippen LogP contribution in [0.5, 0.6) is 0 Å². The summed E-state index contributed by atoms with van der Waals surface area (Å²) in [4.78, 5) is 24.6. The minimum atomic E-state index is -4.43. The number of esters is 1. The molecule has 0 spiro atoms. The predicted molar refractivity (Wildman–Crippen MR) is 108 cm³/mol. The molecule has 10 heteroatoms. The zero-order chi connectivity index (χ0) is 22.8. The van der Waals surface area contributed by atoms with E-state index in [1.165, 1.54) is 31.4 Å². The number of methoxy groups -OCH3 is 1. The summed E-state index contributed by atoms with van der Waals surface area (Å²) in [7, 11) is 1.29. The van der Waals surface area contributed by atoms with Crippen LogP contribution in [0.1, 0.15) is 54.0 Å². The number of hydrogen-bond donors (Lipinski definition) is 2. The van der Waals surface area contributed by atoms with Crippen molar-refractivity contribution in [1.29, 1.82) is 0 Å². The molecule has 0 bridgehead atoms. The summed E-state index contributed by atoms with van der Waals surface area (Å²) in [5.41, 5.74) is -0.261. The number of nitrogens with zero attached hydrogens (tertiary/aromatic N) is 2. The Balaban J connectivity index is 1.71. The van der Waals surface area contributed by atoms with Crippen molar-refractivity contribution in [2.24, 2.45) is 0 Å². The second kappa shape index (κ2) is 8.60. The van der Waals surface area contributed by atoms with Crippen molar-refractivity contribution in [3.05, 3.63) is 46.8 Å². The van der Waals surface area contributed by atoms with Gasteiger partial charge in [0.25, 0.3) is 0 Å². The lowest BCUT2D eigenvalue weighted by Gasteiger charge is -2.28. The third-order valence-electron chi connectivity index (χ3n) is 5.52. The molecule has 0 radical (unpaired) electrons. The highest BCUT2D eigenvalue weighted by molar-refractivity contribution is 5.93. The largest absolute Gasteiger partial charge is 0.465 e. The number of hydrogen-bond acceptors (Lipinski definition) is 4. The summed E-state index contributed by atoms with van der Waals surface area (Å²) in [6.45, 7) is 2.83. The predicted octanol–water partition coefficient (Wildman–Crippen LogP) is 4.17. The second-order valence-corrected chi connectivity index (χ2v) is 7.95. The molecule has 0 unspecified atom stereocenters. The summed E-state index contributed by atoms with van der Waals surface area (Å²) in [5, 5.41) is 9.56. The topological polar surface area (TPSA) is 85.2 Å². The molecule has 1 aromatic carbocycles. The van der Waals surface area contributed by atoms with E-state index < -0.39 is 23.6 Å². The number of aromatic nitrogens is 2. The molecule has 2 N–H and O–H groups in total. The molecule has 1 aromatic heterocycles. The Morgan fingerprint density at radius 1 is 1.23 bits per heavy atom. The maximum absolute atomic E-state index is 13.3. The Hall–Kier alpha value is -3.04. The number of fused-ring (bicyclic) bond motifs is 1. The first kappa shape index (κ1) is 22.6. The van der Waals surface area contributed by atoms with Crippen LogP contribution in [0.3, 0.4) is 0 Å². The van der Waals surface area contributed by atoms with Crippen molar-refractivity contribution < 1.29 is 27.5 Å². The highest BCUT2D eigenvalue weighted by atomic mass is 19.4. The lowest BCUT2D eigenvalue weighted by atomic mass is 9.84. The molecule has 0 aliphatic carbocycles. The van der Waals surface area contributed by atoms with Crippen molar-refractivity contribution in [1.82, 2.24) is 15.1 Å². The molecule has 7 nitrogen and oxygen atoms in total. The van der Waals surface area contributed by atoms with Gasteiger partial charge < -0.3 is 15.4 Å². The van der Waals surface area contributed by atoms with Crippen molar-refractivity contribution >= 4 is 17.7 Å². The number of rotatable bonds is 5. The van der Waals surface area contributed by atoms with E-state index in [-0.39, 0.29) is 17.8 Å². The lowest BCUT2D eigenvalue weighted by molar-refractivity contribution is -0.180. The van der Waals surface area contributed by atoms with Gasteiger partial charge in [-0.3, -0.25) is 4.68 Å². The van der Waals surface area contributed by atoms with Crippen LogP contribution in [0.2, 0.25) is 0 Å². The Kier molecular flexibility index (Phi) is 6.28. The molecule has 1 aliphatic rings. The van der Waals surface area contributed by atoms with E-state index in [0.717, 1.165) is 32.4 Å². The molecule has 0 saturated carbocycles. The summed E-state index contributed by atoms with van der Waals surface area (Å²) in [5.74, 6) is -0.512. The average molecular weight is 438 g/mol. The van der Waals surface area contributed by atoms with Gasteiger partial charge in [0, 0.05) is 12.2 Å². The lowest BCUT2D eigenvalue weighted by Crippen LogP contribution is -2.36. The quantitative estimate of drug-likeness (QED) is 0.687. The minimum Gasteiger partial charge on any atom is -0.465 e. The number of benzene rings is 1. The van der Waals surface area contributed by atoms with E-state index in [4.69, 9.17) is 4.74 Å². The fourth-order valence-electron chi connectivity index (χ4n) is 3.49.